The maximum Gasteiger partial charge on any atom is 0.315 e. The lowest BCUT2D eigenvalue weighted by Gasteiger charge is -2.26. The van der Waals surface area contributed by atoms with Gasteiger partial charge in [-0.2, -0.15) is 0 Å². The molecule has 0 saturated heterocycles. The highest BCUT2D eigenvalue weighted by molar-refractivity contribution is 5.78. The fourth-order valence-electron chi connectivity index (χ4n) is 3.40. The molecule has 0 aliphatic heterocycles. The van der Waals surface area contributed by atoms with Crippen LogP contribution in [0, 0.1) is 5.92 Å². The smallest absolute Gasteiger partial charge is 0.315 e. The minimum absolute atomic E-state index is 0.0234. The summed E-state index contributed by atoms with van der Waals surface area (Å²) in [7, 11) is 3.52. The van der Waals surface area contributed by atoms with Crippen LogP contribution in [0.5, 0.6) is 5.75 Å². The number of benzene rings is 1. The first-order chi connectivity index (χ1) is 12.5. The van der Waals surface area contributed by atoms with Gasteiger partial charge in [-0.15, -0.1) is 0 Å². The number of nitrogens with zero attached hydrogens (tertiary/aromatic N) is 2. The monoisotopic (exact) mass is 360 g/mol. The van der Waals surface area contributed by atoms with Crippen LogP contribution >= 0.6 is 0 Å². The van der Waals surface area contributed by atoms with Crippen molar-refractivity contribution in [2.75, 3.05) is 7.11 Å². The second-order valence-corrected chi connectivity index (χ2v) is 6.66. The molecule has 0 spiro atoms. The predicted octanol–water partition coefficient (Wildman–Crippen LogP) is 2.02. The van der Waals surface area contributed by atoms with E-state index in [0.29, 0.717) is 32.2 Å². The highest BCUT2D eigenvalue weighted by Crippen LogP contribution is 2.24. The SMILES string of the molecule is COc1ccc2c(c1)nc(CNC(=O)NC1CCC(C(=O)O)CC1)n2C. The van der Waals surface area contributed by atoms with Gasteiger partial charge in [-0.1, -0.05) is 0 Å². The summed E-state index contributed by atoms with van der Waals surface area (Å²) in [5.74, 6) is 0.460. The number of hydrogen-bond donors (Lipinski definition) is 3. The molecule has 0 radical (unpaired) electrons. The number of aliphatic carboxylic acids is 1. The average Bonchev–Trinajstić information content (AvgIpc) is 2.95. The zero-order valence-electron chi connectivity index (χ0n) is 15.0. The number of carboxylic acid groups (broad SMARTS) is 1. The summed E-state index contributed by atoms with van der Waals surface area (Å²) in [6.45, 7) is 0.309. The molecule has 1 heterocycles. The van der Waals surface area contributed by atoms with Gasteiger partial charge in [-0.05, 0) is 37.8 Å². The summed E-state index contributed by atoms with van der Waals surface area (Å²) >= 11 is 0. The van der Waals surface area contributed by atoms with Gasteiger partial charge >= 0.3 is 12.0 Å². The number of amides is 2. The summed E-state index contributed by atoms with van der Waals surface area (Å²) < 4.78 is 7.15. The lowest BCUT2D eigenvalue weighted by molar-refractivity contribution is -0.142. The summed E-state index contributed by atoms with van der Waals surface area (Å²) in [5.41, 5.74) is 1.78. The van der Waals surface area contributed by atoms with Crippen molar-refractivity contribution in [1.29, 1.82) is 0 Å². The normalized spacial score (nSPS) is 19.9. The fourth-order valence-corrected chi connectivity index (χ4v) is 3.40. The van der Waals surface area contributed by atoms with Gasteiger partial charge in [-0.25, -0.2) is 9.78 Å². The maximum absolute atomic E-state index is 12.1. The molecule has 0 unspecified atom stereocenters. The van der Waals surface area contributed by atoms with E-state index in [9.17, 15) is 9.59 Å². The van der Waals surface area contributed by atoms with Crippen molar-refractivity contribution < 1.29 is 19.4 Å². The second-order valence-electron chi connectivity index (χ2n) is 6.66. The molecular weight excluding hydrogens is 336 g/mol. The quantitative estimate of drug-likeness (QED) is 0.756. The molecule has 0 atom stereocenters. The zero-order valence-corrected chi connectivity index (χ0v) is 15.0. The van der Waals surface area contributed by atoms with E-state index in [-0.39, 0.29) is 18.0 Å². The minimum atomic E-state index is -0.744. The molecule has 26 heavy (non-hydrogen) atoms. The van der Waals surface area contributed by atoms with Crippen molar-refractivity contribution >= 4 is 23.0 Å². The van der Waals surface area contributed by atoms with Gasteiger partial charge in [0.2, 0.25) is 0 Å². The van der Waals surface area contributed by atoms with E-state index in [1.165, 1.54) is 0 Å². The molecule has 3 rings (SSSR count). The van der Waals surface area contributed by atoms with Gasteiger partial charge in [0, 0.05) is 19.2 Å². The van der Waals surface area contributed by atoms with Crippen LogP contribution in [0.4, 0.5) is 4.79 Å². The summed E-state index contributed by atoms with van der Waals surface area (Å²) in [5, 5.41) is 14.8. The second kappa shape index (κ2) is 7.63. The third-order valence-corrected chi connectivity index (χ3v) is 5.00. The number of ether oxygens (including phenoxy) is 1. The highest BCUT2D eigenvalue weighted by atomic mass is 16.5. The largest absolute Gasteiger partial charge is 0.497 e. The topological polar surface area (TPSA) is 105 Å². The van der Waals surface area contributed by atoms with Crippen LogP contribution in [0.15, 0.2) is 18.2 Å². The Morgan fingerprint density at radius 1 is 1.31 bits per heavy atom. The van der Waals surface area contributed by atoms with Crippen molar-refractivity contribution in [2.45, 2.75) is 38.3 Å². The van der Waals surface area contributed by atoms with E-state index in [4.69, 9.17) is 9.84 Å². The van der Waals surface area contributed by atoms with Crippen LogP contribution in [0.2, 0.25) is 0 Å². The van der Waals surface area contributed by atoms with Gasteiger partial charge in [0.25, 0.3) is 0 Å². The Morgan fingerprint density at radius 2 is 2.04 bits per heavy atom. The molecule has 1 aromatic carbocycles. The molecule has 0 bridgehead atoms. The minimum Gasteiger partial charge on any atom is -0.497 e. The maximum atomic E-state index is 12.1. The molecule has 140 valence electrons. The summed E-state index contributed by atoms with van der Waals surface area (Å²) in [6.07, 6.45) is 2.59. The number of carboxylic acids is 1. The van der Waals surface area contributed by atoms with Crippen LogP contribution in [-0.2, 0) is 18.4 Å². The molecule has 1 aliphatic carbocycles. The molecule has 1 aliphatic rings. The van der Waals surface area contributed by atoms with Crippen LogP contribution < -0.4 is 15.4 Å². The first-order valence-electron chi connectivity index (χ1n) is 8.74. The number of aryl methyl sites for hydroxylation is 1. The number of urea groups is 1. The Labute approximate surface area is 151 Å². The van der Waals surface area contributed by atoms with Gasteiger partial charge in [-0.3, -0.25) is 4.79 Å². The molecule has 1 saturated carbocycles. The number of nitrogens with one attached hydrogen (secondary N) is 2. The standard InChI is InChI=1S/C18H24N4O4/c1-22-15-8-7-13(26-2)9-14(15)21-16(22)10-19-18(25)20-12-5-3-11(4-6-12)17(23)24/h7-9,11-12H,3-6,10H2,1-2H3,(H,23,24)(H2,19,20,25). The molecule has 2 aromatic rings. The molecule has 3 N–H and O–H groups in total. The number of carbonyl (C=O) groups excluding carboxylic acids is 1. The molecule has 1 fully saturated rings. The van der Waals surface area contributed by atoms with Crippen LogP contribution in [0.1, 0.15) is 31.5 Å². The Bertz CT molecular complexity index is 809. The van der Waals surface area contributed by atoms with Crippen molar-refractivity contribution in [2.24, 2.45) is 13.0 Å². The van der Waals surface area contributed by atoms with E-state index in [1.807, 2.05) is 29.8 Å². The predicted molar refractivity (Wildman–Crippen MR) is 96.0 cm³/mol. The number of aromatic nitrogens is 2. The summed E-state index contributed by atoms with van der Waals surface area (Å²) in [4.78, 5) is 27.6. The van der Waals surface area contributed by atoms with Gasteiger partial charge in [0.1, 0.15) is 11.6 Å². The van der Waals surface area contributed by atoms with Crippen molar-refractivity contribution in [3.8, 4) is 5.75 Å². The number of hydrogen-bond acceptors (Lipinski definition) is 4. The zero-order chi connectivity index (χ0) is 18.7. The number of carbonyl (C=O) groups is 2. The number of fused-ring (bicyclic) bond motifs is 1. The Kier molecular flexibility index (Phi) is 5.29. The van der Waals surface area contributed by atoms with Crippen LogP contribution in [0.25, 0.3) is 11.0 Å². The van der Waals surface area contributed by atoms with Crippen LogP contribution in [0.3, 0.4) is 0 Å². The first-order valence-corrected chi connectivity index (χ1v) is 8.74. The van der Waals surface area contributed by atoms with E-state index in [0.717, 1.165) is 22.6 Å². The molecule has 2 amide bonds. The van der Waals surface area contributed by atoms with E-state index in [1.54, 1.807) is 7.11 Å². The fraction of sp³-hybridized carbons (Fsp3) is 0.500. The number of imidazole rings is 1. The van der Waals surface area contributed by atoms with Gasteiger partial charge < -0.3 is 25.0 Å². The molecular formula is C18H24N4O4. The highest BCUT2D eigenvalue weighted by Gasteiger charge is 2.26. The average molecular weight is 360 g/mol. The van der Waals surface area contributed by atoms with Crippen molar-refractivity contribution in [1.82, 2.24) is 20.2 Å². The molecule has 8 nitrogen and oxygen atoms in total. The first kappa shape index (κ1) is 18.0. The Hall–Kier alpha value is -2.77. The number of rotatable bonds is 5. The lowest BCUT2D eigenvalue weighted by atomic mass is 9.86. The Morgan fingerprint density at radius 3 is 2.69 bits per heavy atom. The van der Waals surface area contributed by atoms with Crippen molar-refractivity contribution in [3.05, 3.63) is 24.0 Å². The third-order valence-electron chi connectivity index (χ3n) is 5.00. The van der Waals surface area contributed by atoms with Crippen LogP contribution in [-0.4, -0.2) is 39.8 Å². The lowest BCUT2D eigenvalue weighted by Crippen LogP contribution is -2.44. The number of methoxy groups -OCH3 is 1. The van der Waals surface area contributed by atoms with Gasteiger partial charge in [0.05, 0.1) is 30.6 Å². The van der Waals surface area contributed by atoms with E-state index in [2.05, 4.69) is 15.6 Å². The van der Waals surface area contributed by atoms with Gasteiger partial charge in [0.15, 0.2) is 0 Å². The Balaban J connectivity index is 1.54. The third kappa shape index (κ3) is 3.89. The van der Waals surface area contributed by atoms with Crippen molar-refractivity contribution in [3.63, 3.8) is 0 Å². The summed E-state index contributed by atoms with van der Waals surface area (Å²) in [6, 6.07) is 5.44. The molecule has 1 aromatic heterocycles. The van der Waals surface area contributed by atoms with E-state index < -0.39 is 5.97 Å². The van der Waals surface area contributed by atoms with E-state index >= 15 is 0 Å². The molecule has 8 heteroatoms.